The van der Waals surface area contributed by atoms with E-state index in [9.17, 15) is 32.7 Å². The van der Waals surface area contributed by atoms with Crippen molar-refractivity contribution in [3.8, 4) is 5.75 Å². The van der Waals surface area contributed by atoms with Gasteiger partial charge in [-0.1, -0.05) is 6.92 Å². The standard InChI is InChI=1S/C30H36F3N9O4/c1-5-19-24(40-6-8-41(9-7-40)28(46)23-25(44)16(2)35-15-36-23)26(45)22-27(34-13-20(38-22)39(3)4)42(19)14-21(43)37-18-12-29(30(31,32)33)10-17(18)11-29/h13,15,17-18,44H,5-12,14H2,1-4H3,(H,37,43). The lowest BCUT2D eigenvalue weighted by Crippen LogP contribution is -2.50. The van der Waals surface area contributed by atoms with Crippen LogP contribution >= 0.6 is 0 Å². The Morgan fingerprint density at radius 2 is 1.80 bits per heavy atom. The molecule has 1 saturated heterocycles. The molecule has 0 radical (unpaired) electrons. The molecule has 4 aliphatic rings. The maximum absolute atomic E-state index is 14.1. The van der Waals surface area contributed by atoms with Crippen LogP contribution in [0.15, 0.2) is 17.3 Å². The molecular formula is C30H36F3N9O4. The first kappa shape index (κ1) is 31.5. The number of carbonyl (C=O) groups is 2. The van der Waals surface area contributed by atoms with Crippen molar-refractivity contribution in [3.05, 3.63) is 39.8 Å². The van der Waals surface area contributed by atoms with Gasteiger partial charge in [0.15, 0.2) is 22.6 Å². The maximum Gasteiger partial charge on any atom is 0.394 e. The van der Waals surface area contributed by atoms with E-state index in [0.717, 1.165) is 0 Å². The molecule has 7 rings (SSSR count). The van der Waals surface area contributed by atoms with Crippen LogP contribution in [0.3, 0.4) is 0 Å². The number of halogens is 3. The second-order valence-corrected chi connectivity index (χ2v) is 12.6. The van der Waals surface area contributed by atoms with Crippen LogP contribution in [0, 0.1) is 18.3 Å². The molecule has 46 heavy (non-hydrogen) atoms. The van der Waals surface area contributed by atoms with E-state index < -0.39 is 29.4 Å². The molecule has 0 spiro atoms. The number of nitrogens with one attached hydrogen (secondary N) is 1. The Balaban J connectivity index is 1.30. The molecule has 2 amide bonds. The third kappa shape index (κ3) is 5.16. The molecule has 13 nitrogen and oxygen atoms in total. The minimum Gasteiger partial charge on any atom is -0.504 e. The monoisotopic (exact) mass is 643 g/mol. The molecule has 1 unspecified atom stereocenters. The SMILES string of the molecule is CCc1c(N2CCN(C(=O)c3ncnc(C)c3O)CC2)c(=O)c2nc(N(C)C)cnc2n1CC(=O)NC1CC2(C(F)(F)F)CC1C2. The van der Waals surface area contributed by atoms with Crippen molar-refractivity contribution >= 4 is 34.5 Å². The molecule has 4 fully saturated rings. The lowest BCUT2D eigenvalue weighted by molar-refractivity contribution is -0.244. The number of aromatic hydroxyl groups is 1. The predicted molar refractivity (Wildman–Crippen MR) is 162 cm³/mol. The number of anilines is 2. The van der Waals surface area contributed by atoms with E-state index in [1.807, 2.05) is 11.8 Å². The molecule has 3 aliphatic carbocycles. The van der Waals surface area contributed by atoms with Crippen LogP contribution in [0.4, 0.5) is 24.7 Å². The van der Waals surface area contributed by atoms with E-state index in [2.05, 4.69) is 25.3 Å². The number of hydrogen-bond acceptors (Lipinski definition) is 10. The Bertz CT molecular complexity index is 1760. The van der Waals surface area contributed by atoms with Gasteiger partial charge in [0.1, 0.15) is 24.4 Å². The van der Waals surface area contributed by atoms with E-state index in [1.165, 1.54) is 12.5 Å². The number of piperazine rings is 1. The van der Waals surface area contributed by atoms with Crippen LogP contribution in [-0.2, 0) is 17.8 Å². The number of hydrogen-bond donors (Lipinski definition) is 2. The molecule has 2 N–H and O–H groups in total. The summed E-state index contributed by atoms with van der Waals surface area (Å²) in [6.45, 7) is 4.19. The summed E-state index contributed by atoms with van der Waals surface area (Å²) in [5.74, 6) is -0.974. The summed E-state index contributed by atoms with van der Waals surface area (Å²) >= 11 is 0. The minimum absolute atomic E-state index is 0.0243. The number of pyridine rings is 1. The zero-order valence-electron chi connectivity index (χ0n) is 26.1. The van der Waals surface area contributed by atoms with Gasteiger partial charge in [-0.25, -0.2) is 19.9 Å². The van der Waals surface area contributed by atoms with Crippen LogP contribution in [0.5, 0.6) is 5.75 Å². The number of alkyl halides is 3. The Kier molecular flexibility index (Phi) is 7.79. The van der Waals surface area contributed by atoms with Crippen LogP contribution in [0.2, 0.25) is 0 Å². The summed E-state index contributed by atoms with van der Waals surface area (Å²) in [5, 5.41) is 13.2. The van der Waals surface area contributed by atoms with Crippen molar-refractivity contribution in [1.82, 2.24) is 34.7 Å². The highest BCUT2D eigenvalue weighted by atomic mass is 19.4. The van der Waals surface area contributed by atoms with Gasteiger partial charge in [-0.15, -0.1) is 0 Å². The molecule has 4 heterocycles. The predicted octanol–water partition coefficient (Wildman–Crippen LogP) is 2.03. The maximum atomic E-state index is 14.1. The Hall–Kier alpha value is -4.50. The zero-order valence-corrected chi connectivity index (χ0v) is 26.1. The molecule has 16 heteroatoms. The van der Waals surface area contributed by atoms with Gasteiger partial charge in [0.25, 0.3) is 5.91 Å². The molecule has 246 valence electrons. The lowest BCUT2D eigenvalue weighted by Gasteiger charge is -2.39. The first-order valence-corrected chi connectivity index (χ1v) is 15.2. The van der Waals surface area contributed by atoms with Crippen molar-refractivity contribution in [3.63, 3.8) is 0 Å². The number of fused-ring (bicyclic) bond motifs is 2. The van der Waals surface area contributed by atoms with E-state index in [-0.39, 0.29) is 91.6 Å². The zero-order chi connectivity index (χ0) is 33.1. The summed E-state index contributed by atoms with van der Waals surface area (Å²) < 4.78 is 42.6. The largest absolute Gasteiger partial charge is 0.504 e. The van der Waals surface area contributed by atoms with Crippen molar-refractivity contribution < 1.29 is 27.9 Å². The number of rotatable bonds is 7. The first-order chi connectivity index (χ1) is 21.7. The van der Waals surface area contributed by atoms with Gasteiger partial charge in [-0.3, -0.25) is 14.4 Å². The fraction of sp³-hybridized carbons (Fsp3) is 0.567. The summed E-state index contributed by atoms with van der Waals surface area (Å²) in [6, 6.07) is -0.570. The quantitative estimate of drug-likeness (QED) is 0.392. The van der Waals surface area contributed by atoms with Crippen LogP contribution in [0.1, 0.15) is 48.1 Å². The van der Waals surface area contributed by atoms with Gasteiger partial charge in [-0.2, -0.15) is 13.2 Å². The number of aromatic nitrogens is 5. The fourth-order valence-electron chi connectivity index (χ4n) is 7.09. The van der Waals surface area contributed by atoms with Crippen LogP contribution in [-0.4, -0.2) is 98.8 Å². The van der Waals surface area contributed by atoms with Crippen molar-refractivity contribution in [2.75, 3.05) is 50.1 Å². The number of carbonyl (C=O) groups excluding carboxylic acids is 2. The highest BCUT2D eigenvalue weighted by Crippen LogP contribution is 2.65. The molecule has 0 aromatic carbocycles. The molecule has 1 aliphatic heterocycles. The molecule has 3 aromatic heterocycles. The van der Waals surface area contributed by atoms with Crippen LogP contribution in [0.25, 0.3) is 11.2 Å². The Morgan fingerprint density at radius 1 is 1.11 bits per heavy atom. The second kappa shape index (κ2) is 11.4. The minimum atomic E-state index is -4.30. The van der Waals surface area contributed by atoms with Crippen molar-refractivity contribution in [2.45, 2.75) is 58.3 Å². The summed E-state index contributed by atoms with van der Waals surface area (Å²) in [6.07, 6.45) is -1.32. The summed E-state index contributed by atoms with van der Waals surface area (Å²) in [5.41, 5.74) is -0.764. The topological polar surface area (TPSA) is 150 Å². The molecule has 1 atom stereocenters. The third-order valence-electron chi connectivity index (χ3n) is 9.64. The van der Waals surface area contributed by atoms with Gasteiger partial charge in [0.2, 0.25) is 11.3 Å². The Labute approximate surface area is 262 Å². The Morgan fingerprint density at radius 3 is 2.41 bits per heavy atom. The smallest absolute Gasteiger partial charge is 0.394 e. The number of aryl methyl sites for hydroxylation is 1. The van der Waals surface area contributed by atoms with Gasteiger partial charge in [0.05, 0.1) is 17.3 Å². The van der Waals surface area contributed by atoms with E-state index in [4.69, 9.17) is 0 Å². The molecular weight excluding hydrogens is 607 g/mol. The average Bonchev–Trinajstić information content (AvgIpc) is 3.55. The third-order valence-corrected chi connectivity index (χ3v) is 9.64. The fourth-order valence-corrected chi connectivity index (χ4v) is 7.09. The van der Waals surface area contributed by atoms with Gasteiger partial charge in [-0.05, 0) is 38.5 Å². The van der Waals surface area contributed by atoms with E-state index >= 15 is 0 Å². The average molecular weight is 644 g/mol. The van der Waals surface area contributed by atoms with E-state index in [0.29, 0.717) is 23.6 Å². The summed E-state index contributed by atoms with van der Waals surface area (Å²) in [4.78, 5) is 62.7. The number of amides is 2. The first-order valence-electron chi connectivity index (χ1n) is 15.2. The molecule has 3 saturated carbocycles. The van der Waals surface area contributed by atoms with Gasteiger partial charge < -0.3 is 29.7 Å². The highest BCUT2D eigenvalue weighted by molar-refractivity contribution is 5.95. The normalized spacial score (nSPS) is 22.6. The van der Waals surface area contributed by atoms with Crippen molar-refractivity contribution in [2.24, 2.45) is 11.3 Å². The van der Waals surface area contributed by atoms with E-state index in [1.54, 1.807) is 35.4 Å². The van der Waals surface area contributed by atoms with Crippen LogP contribution < -0.4 is 20.5 Å². The number of nitrogens with zero attached hydrogens (tertiary/aromatic N) is 8. The molecule has 3 aromatic rings. The molecule has 2 bridgehead atoms. The van der Waals surface area contributed by atoms with Crippen molar-refractivity contribution in [1.29, 1.82) is 0 Å². The van der Waals surface area contributed by atoms with Gasteiger partial charge >= 0.3 is 6.18 Å². The van der Waals surface area contributed by atoms with Gasteiger partial charge in [0, 0.05) is 52.0 Å². The summed E-state index contributed by atoms with van der Waals surface area (Å²) in [7, 11) is 3.52. The highest BCUT2D eigenvalue weighted by Gasteiger charge is 2.69. The second-order valence-electron chi connectivity index (χ2n) is 12.6. The lowest BCUT2D eigenvalue weighted by atomic mass is 9.69.